The van der Waals surface area contributed by atoms with Gasteiger partial charge in [0.15, 0.2) is 0 Å². The van der Waals surface area contributed by atoms with Gasteiger partial charge in [-0.1, -0.05) is 29.9 Å². The molecule has 0 unspecified atom stereocenters. The van der Waals surface area contributed by atoms with Crippen molar-refractivity contribution in [3.05, 3.63) is 58.1 Å². The number of hydrogen-bond donors (Lipinski definition) is 2. The highest BCUT2D eigenvalue weighted by Crippen LogP contribution is 2.23. The van der Waals surface area contributed by atoms with Gasteiger partial charge in [0.2, 0.25) is 5.13 Å². The van der Waals surface area contributed by atoms with Crippen molar-refractivity contribution in [1.29, 1.82) is 0 Å². The maximum atomic E-state index is 12.4. The topological polar surface area (TPSA) is 105 Å². The number of nitrogens with zero attached hydrogens (tertiary/aromatic N) is 3. The highest BCUT2D eigenvalue weighted by Gasteiger charge is 2.16. The number of nitrogens with one attached hydrogen (secondary N) is 1. The molecule has 7 nitrogen and oxygen atoms in total. The summed E-state index contributed by atoms with van der Waals surface area (Å²) in [5, 5.41) is 18.9. The van der Waals surface area contributed by atoms with Crippen LogP contribution in [-0.2, 0) is 16.4 Å². The number of rotatable bonds is 6. The van der Waals surface area contributed by atoms with Crippen molar-refractivity contribution in [2.24, 2.45) is 4.99 Å². The van der Waals surface area contributed by atoms with Gasteiger partial charge in [-0.05, 0) is 48.9 Å². The van der Waals surface area contributed by atoms with Crippen LogP contribution in [0.5, 0.6) is 5.75 Å². The molecule has 3 rings (SSSR count). The lowest BCUT2D eigenvalue weighted by Gasteiger charge is -2.05. The standard InChI is InChI=1S/C17H15ClN4O3S2/c1-2-16-20-21-17(26-16)22-27(24,25)14-6-4-13(5-7-14)19-10-11-9-12(18)3-8-15(11)23/h3-10,23H,2H2,1H3,(H,21,22). The Hall–Kier alpha value is -2.49. The van der Waals surface area contributed by atoms with Gasteiger partial charge in [0, 0.05) is 16.8 Å². The zero-order valence-corrected chi connectivity index (χ0v) is 16.5. The second kappa shape index (κ2) is 8.03. The van der Waals surface area contributed by atoms with Crippen molar-refractivity contribution in [3.8, 4) is 5.75 Å². The molecule has 2 aromatic carbocycles. The number of phenolic OH excluding ortho intramolecular Hbond substituents is 1. The number of hydrogen-bond acceptors (Lipinski definition) is 7. The highest BCUT2D eigenvalue weighted by molar-refractivity contribution is 7.93. The number of anilines is 1. The summed E-state index contributed by atoms with van der Waals surface area (Å²) < 4.78 is 27.2. The van der Waals surface area contributed by atoms with E-state index in [4.69, 9.17) is 11.6 Å². The third kappa shape index (κ3) is 4.82. The fourth-order valence-corrected chi connectivity index (χ4v) is 4.19. The van der Waals surface area contributed by atoms with E-state index in [1.165, 1.54) is 35.8 Å². The van der Waals surface area contributed by atoms with Gasteiger partial charge in [-0.2, -0.15) is 0 Å². The lowest BCUT2D eigenvalue weighted by atomic mass is 10.2. The van der Waals surface area contributed by atoms with E-state index >= 15 is 0 Å². The second-order valence-corrected chi connectivity index (χ2v) is 8.60. The lowest BCUT2D eigenvalue weighted by Crippen LogP contribution is -2.12. The van der Waals surface area contributed by atoms with Crippen LogP contribution >= 0.6 is 22.9 Å². The zero-order chi connectivity index (χ0) is 19.4. The summed E-state index contributed by atoms with van der Waals surface area (Å²) in [5.74, 6) is 0.0510. The van der Waals surface area contributed by atoms with Crippen LogP contribution in [0.15, 0.2) is 52.4 Å². The summed E-state index contributed by atoms with van der Waals surface area (Å²) in [6.07, 6.45) is 2.14. The number of phenols is 1. The molecule has 0 radical (unpaired) electrons. The van der Waals surface area contributed by atoms with E-state index in [0.717, 1.165) is 5.01 Å². The first-order valence-electron chi connectivity index (χ1n) is 7.85. The second-order valence-electron chi connectivity index (χ2n) is 5.42. The van der Waals surface area contributed by atoms with Crippen LogP contribution in [0.3, 0.4) is 0 Å². The lowest BCUT2D eigenvalue weighted by molar-refractivity contribution is 0.474. The molecule has 1 aromatic heterocycles. The van der Waals surface area contributed by atoms with Crippen LogP contribution in [0.2, 0.25) is 5.02 Å². The fourth-order valence-electron chi connectivity index (χ4n) is 2.10. The van der Waals surface area contributed by atoms with Gasteiger partial charge < -0.3 is 5.11 Å². The van der Waals surface area contributed by atoms with Crippen molar-refractivity contribution in [1.82, 2.24) is 10.2 Å². The molecule has 0 saturated heterocycles. The number of aliphatic imine (C=N–C) groups is 1. The Morgan fingerprint density at radius 2 is 1.96 bits per heavy atom. The largest absolute Gasteiger partial charge is 0.507 e. The van der Waals surface area contributed by atoms with Crippen LogP contribution in [0, 0.1) is 0 Å². The van der Waals surface area contributed by atoms with Gasteiger partial charge in [-0.3, -0.25) is 9.71 Å². The Balaban J connectivity index is 1.76. The Bertz CT molecular complexity index is 1080. The fraction of sp³-hybridized carbons (Fsp3) is 0.118. The molecule has 27 heavy (non-hydrogen) atoms. The first-order valence-corrected chi connectivity index (χ1v) is 10.5. The monoisotopic (exact) mass is 422 g/mol. The molecule has 10 heteroatoms. The molecule has 0 aliphatic heterocycles. The maximum absolute atomic E-state index is 12.4. The van der Waals surface area contributed by atoms with E-state index in [1.54, 1.807) is 24.3 Å². The molecule has 140 valence electrons. The third-order valence-corrected chi connectivity index (χ3v) is 6.18. The summed E-state index contributed by atoms with van der Waals surface area (Å²) >= 11 is 7.09. The number of aromatic nitrogens is 2. The molecule has 0 saturated carbocycles. The predicted octanol–water partition coefficient (Wildman–Crippen LogP) is 4.01. The highest BCUT2D eigenvalue weighted by atomic mass is 35.5. The van der Waals surface area contributed by atoms with Crippen LogP contribution in [0.25, 0.3) is 0 Å². The Morgan fingerprint density at radius 3 is 2.63 bits per heavy atom. The SMILES string of the molecule is CCc1nnc(NS(=O)(=O)c2ccc(N=Cc3cc(Cl)ccc3O)cc2)s1. The van der Waals surface area contributed by atoms with E-state index in [9.17, 15) is 13.5 Å². The molecule has 3 aromatic rings. The van der Waals surface area contributed by atoms with Crippen LogP contribution in [0.4, 0.5) is 10.8 Å². The van der Waals surface area contributed by atoms with Gasteiger partial charge in [0.05, 0.1) is 10.6 Å². The average Bonchev–Trinajstić information content (AvgIpc) is 3.09. The molecular formula is C17H15ClN4O3S2. The quantitative estimate of drug-likeness (QED) is 0.584. The molecule has 2 N–H and O–H groups in total. The normalized spacial score (nSPS) is 11.8. The maximum Gasteiger partial charge on any atom is 0.263 e. The minimum absolute atomic E-state index is 0.0510. The van der Waals surface area contributed by atoms with Crippen molar-refractivity contribution in [2.75, 3.05) is 4.72 Å². The van der Waals surface area contributed by atoms with Gasteiger partial charge in [0.1, 0.15) is 10.8 Å². The molecule has 0 amide bonds. The number of benzene rings is 2. The van der Waals surface area contributed by atoms with Crippen molar-refractivity contribution in [3.63, 3.8) is 0 Å². The predicted molar refractivity (Wildman–Crippen MR) is 107 cm³/mol. The van der Waals surface area contributed by atoms with E-state index in [0.29, 0.717) is 22.7 Å². The van der Waals surface area contributed by atoms with E-state index < -0.39 is 10.0 Å². The first kappa shape index (κ1) is 19.3. The van der Waals surface area contributed by atoms with Crippen LogP contribution in [-0.4, -0.2) is 29.9 Å². The molecule has 0 spiro atoms. The molecular weight excluding hydrogens is 408 g/mol. The Labute approximate surface area is 165 Å². The van der Waals surface area contributed by atoms with Gasteiger partial charge >= 0.3 is 0 Å². The van der Waals surface area contributed by atoms with Crippen molar-refractivity contribution < 1.29 is 13.5 Å². The summed E-state index contributed by atoms with van der Waals surface area (Å²) in [6, 6.07) is 10.6. The summed E-state index contributed by atoms with van der Waals surface area (Å²) in [5.41, 5.74) is 0.987. The van der Waals surface area contributed by atoms with E-state index in [-0.39, 0.29) is 15.8 Å². The minimum atomic E-state index is -3.76. The van der Waals surface area contributed by atoms with Crippen molar-refractivity contribution >= 4 is 50.0 Å². The molecule has 0 fully saturated rings. The van der Waals surface area contributed by atoms with Crippen molar-refractivity contribution in [2.45, 2.75) is 18.2 Å². The molecule has 0 aliphatic rings. The molecule has 1 heterocycles. The number of halogens is 1. The molecule has 0 bridgehead atoms. The van der Waals surface area contributed by atoms with Crippen LogP contribution < -0.4 is 4.72 Å². The number of aromatic hydroxyl groups is 1. The first-order chi connectivity index (χ1) is 12.9. The Morgan fingerprint density at radius 1 is 1.22 bits per heavy atom. The van der Waals surface area contributed by atoms with E-state index in [2.05, 4.69) is 19.9 Å². The Kier molecular flexibility index (Phi) is 5.73. The molecule has 0 atom stereocenters. The number of aryl methyl sites for hydroxylation is 1. The summed E-state index contributed by atoms with van der Waals surface area (Å²) in [7, 11) is -3.76. The van der Waals surface area contributed by atoms with Gasteiger partial charge in [0.25, 0.3) is 10.0 Å². The van der Waals surface area contributed by atoms with Crippen LogP contribution in [0.1, 0.15) is 17.5 Å². The van der Waals surface area contributed by atoms with Gasteiger partial charge in [-0.15, -0.1) is 10.2 Å². The zero-order valence-electron chi connectivity index (χ0n) is 14.1. The smallest absolute Gasteiger partial charge is 0.263 e. The van der Waals surface area contributed by atoms with Gasteiger partial charge in [-0.25, -0.2) is 8.42 Å². The molecule has 0 aliphatic carbocycles. The third-order valence-electron chi connectivity index (χ3n) is 3.48. The van der Waals surface area contributed by atoms with E-state index in [1.807, 2.05) is 6.92 Å². The average molecular weight is 423 g/mol. The summed E-state index contributed by atoms with van der Waals surface area (Å²) in [4.78, 5) is 4.30. The summed E-state index contributed by atoms with van der Waals surface area (Å²) in [6.45, 7) is 1.92. The number of sulfonamides is 1. The minimum Gasteiger partial charge on any atom is -0.507 e.